The van der Waals surface area contributed by atoms with Crippen LogP contribution in [0.4, 0.5) is 4.79 Å². The molecule has 0 saturated carbocycles. The maximum atomic E-state index is 12.5. The van der Waals surface area contributed by atoms with Gasteiger partial charge in [-0.2, -0.15) is 11.8 Å². The van der Waals surface area contributed by atoms with Crippen LogP contribution in [0.5, 0.6) is 0 Å². The number of carboxylic acids is 1. The Labute approximate surface area is 150 Å². The van der Waals surface area contributed by atoms with Gasteiger partial charge >= 0.3 is 6.03 Å². The molecule has 136 valence electrons. The lowest BCUT2D eigenvalue weighted by molar-refractivity contribution is -0.308. The van der Waals surface area contributed by atoms with Crippen molar-refractivity contribution >= 4 is 23.8 Å². The average Bonchev–Trinajstić information content (AvgIpc) is 2.59. The van der Waals surface area contributed by atoms with E-state index >= 15 is 0 Å². The van der Waals surface area contributed by atoms with E-state index in [0.717, 1.165) is 12.1 Å². The molecule has 7 nitrogen and oxygen atoms in total. The Balaban J connectivity index is 1.70. The molecular weight excluding hydrogens is 342 g/mol. The zero-order valence-corrected chi connectivity index (χ0v) is 15.0. The predicted octanol–water partition coefficient (Wildman–Crippen LogP) is -0.151. The van der Waals surface area contributed by atoms with Crippen molar-refractivity contribution in [3.63, 3.8) is 0 Å². The highest BCUT2D eigenvalue weighted by molar-refractivity contribution is 7.98. The van der Waals surface area contributed by atoms with Gasteiger partial charge in [0.25, 0.3) is 5.56 Å². The van der Waals surface area contributed by atoms with Crippen LogP contribution < -0.4 is 16.0 Å². The van der Waals surface area contributed by atoms with Crippen LogP contribution >= 0.6 is 11.8 Å². The molecule has 2 bridgehead atoms. The van der Waals surface area contributed by atoms with E-state index in [0.29, 0.717) is 31.8 Å². The molecule has 2 amide bonds. The van der Waals surface area contributed by atoms with E-state index < -0.39 is 12.0 Å². The van der Waals surface area contributed by atoms with E-state index in [1.807, 2.05) is 12.3 Å². The maximum absolute atomic E-state index is 12.5. The first kappa shape index (κ1) is 17.8. The number of carbonyl (C=O) groups excluding carboxylic acids is 2. The van der Waals surface area contributed by atoms with Gasteiger partial charge in [-0.15, -0.1) is 0 Å². The minimum atomic E-state index is -1.25. The Morgan fingerprint density at radius 2 is 2.16 bits per heavy atom. The molecule has 2 aliphatic heterocycles. The number of nitrogens with one attached hydrogen (secondary N) is 1. The minimum Gasteiger partial charge on any atom is -0.548 e. The highest BCUT2D eigenvalue weighted by Gasteiger charge is 2.36. The summed E-state index contributed by atoms with van der Waals surface area (Å²) < 4.78 is 1.80. The van der Waals surface area contributed by atoms with Crippen LogP contribution in [0.3, 0.4) is 0 Å². The van der Waals surface area contributed by atoms with Gasteiger partial charge in [0.2, 0.25) is 0 Å². The molecule has 0 unspecified atom stereocenters. The van der Waals surface area contributed by atoms with E-state index in [-0.39, 0.29) is 23.4 Å². The molecule has 1 aromatic heterocycles. The molecule has 0 spiro atoms. The van der Waals surface area contributed by atoms with Gasteiger partial charge in [-0.05, 0) is 36.8 Å². The number of amides is 2. The minimum absolute atomic E-state index is 0.000757. The van der Waals surface area contributed by atoms with E-state index in [1.54, 1.807) is 21.6 Å². The summed E-state index contributed by atoms with van der Waals surface area (Å²) in [5, 5.41) is 13.8. The number of carboxylic acid groups (broad SMARTS) is 1. The smallest absolute Gasteiger partial charge is 0.317 e. The number of aliphatic carboxylic acids is 1. The standard InChI is InChI=1S/C17H23N3O4S/c1-25-6-5-13(16(22)23)18-17(24)19-8-11-7-12(10-19)14-3-2-4-15(21)20(14)9-11/h2-4,11-13H,5-10H2,1H3,(H,18,24)(H,22,23)/p-1/t11-,12+,13-/m0/s1. The zero-order chi connectivity index (χ0) is 18.0. The third-order valence-corrected chi connectivity index (χ3v) is 5.60. The number of carbonyl (C=O) groups is 2. The van der Waals surface area contributed by atoms with Crippen LogP contribution in [0.2, 0.25) is 0 Å². The molecule has 1 aromatic rings. The molecule has 0 radical (unpaired) electrons. The number of hydrogen-bond donors (Lipinski definition) is 1. The highest BCUT2D eigenvalue weighted by atomic mass is 32.2. The second-order valence-corrected chi connectivity index (χ2v) is 7.69. The molecule has 1 saturated heterocycles. The van der Waals surface area contributed by atoms with Gasteiger partial charge in [-0.1, -0.05) is 6.07 Å². The van der Waals surface area contributed by atoms with Crippen LogP contribution in [-0.2, 0) is 11.3 Å². The summed E-state index contributed by atoms with van der Waals surface area (Å²) in [5.41, 5.74) is 0.958. The molecule has 0 aliphatic carbocycles. The van der Waals surface area contributed by atoms with Crippen molar-refractivity contribution in [1.29, 1.82) is 0 Å². The first-order valence-electron chi connectivity index (χ1n) is 8.44. The van der Waals surface area contributed by atoms with Crippen molar-refractivity contribution in [3.05, 3.63) is 34.2 Å². The van der Waals surface area contributed by atoms with Crippen LogP contribution in [0.15, 0.2) is 23.0 Å². The summed E-state index contributed by atoms with van der Waals surface area (Å²) in [7, 11) is 0. The SMILES string of the molecule is CSCC[C@H](NC(=O)N1C[C@@H]2C[C@H](C1)c1cccc(=O)n1C2)C(=O)[O-]. The molecule has 25 heavy (non-hydrogen) atoms. The fourth-order valence-electron chi connectivity index (χ4n) is 3.79. The zero-order valence-electron chi connectivity index (χ0n) is 14.1. The van der Waals surface area contributed by atoms with Gasteiger partial charge in [0, 0.05) is 37.3 Å². The number of urea groups is 1. The number of thioether (sulfide) groups is 1. The van der Waals surface area contributed by atoms with Crippen LogP contribution in [0.25, 0.3) is 0 Å². The number of likely N-dealkylation sites (tertiary alicyclic amines) is 1. The molecule has 3 rings (SSSR count). The van der Waals surface area contributed by atoms with Crippen molar-refractivity contribution < 1.29 is 14.7 Å². The Morgan fingerprint density at radius 3 is 2.88 bits per heavy atom. The summed E-state index contributed by atoms with van der Waals surface area (Å²) in [5.74, 6) is -0.290. The van der Waals surface area contributed by atoms with Crippen molar-refractivity contribution in [2.75, 3.05) is 25.1 Å². The van der Waals surface area contributed by atoms with Crippen molar-refractivity contribution in [3.8, 4) is 0 Å². The molecule has 1 N–H and O–H groups in total. The second-order valence-electron chi connectivity index (χ2n) is 6.71. The van der Waals surface area contributed by atoms with Gasteiger partial charge in [0.1, 0.15) is 0 Å². The molecule has 3 heterocycles. The lowest BCUT2D eigenvalue weighted by Crippen LogP contribution is -2.56. The van der Waals surface area contributed by atoms with E-state index in [2.05, 4.69) is 5.32 Å². The molecule has 1 fully saturated rings. The number of pyridine rings is 1. The van der Waals surface area contributed by atoms with Crippen LogP contribution in [-0.4, -0.2) is 52.6 Å². The largest absolute Gasteiger partial charge is 0.548 e. The first-order chi connectivity index (χ1) is 12.0. The molecular formula is C17H22N3O4S-. The number of fused-ring (bicyclic) bond motifs is 4. The van der Waals surface area contributed by atoms with Crippen molar-refractivity contribution in [2.45, 2.75) is 31.3 Å². The Morgan fingerprint density at radius 1 is 1.36 bits per heavy atom. The van der Waals surface area contributed by atoms with Gasteiger partial charge < -0.3 is 24.7 Å². The van der Waals surface area contributed by atoms with Gasteiger partial charge in [-0.25, -0.2) is 4.79 Å². The fraction of sp³-hybridized carbons (Fsp3) is 0.588. The summed E-state index contributed by atoms with van der Waals surface area (Å²) >= 11 is 1.53. The molecule has 0 aromatic carbocycles. The van der Waals surface area contributed by atoms with Gasteiger partial charge in [-0.3, -0.25) is 4.79 Å². The molecule has 8 heteroatoms. The van der Waals surface area contributed by atoms with Gasteiger partial charge in [0.15, 0.2) is 0 Å². The number of hydrogen-bond acceptors (Lipinski definition) is 5. The maximum Gasteiger partial charge on any atom is 0.317 e. The average molecular weight is 364 g/mol. The monoisotopic (exact) mass is 364 g/mol. The normalized spacial score (nSPS) is 22.8. The number of nitrogens with zero attached hydrogens (tertiary/aromatic N) is 2. The number of aromatic nitrogens is 1. The summed E-state index contributed by atoms with van der Waals surface area (Å²) in [6.07, 6.45) is 3.18. The fourth-order valence-corrected chi connectivity index (χ4v) is 4.26. The Hall–Kier alpha value is -1.96. The molecule has 2 aliphatic rings. The topological polar surface area (TPSA) is 94.5 Å². The van der Waals surface area contributed by atoms with Crippen LogP contribution in [0.1, 0.15) is 24.5 Å². The van der Waals surface area contributed by atoms with E-state index in [9.17, 15) is 19.5 Å². The number of rotatable bonds is 5. The highest BCUT2D eigenvalue weighted by Crippen LogP contribution is 2.34. The summed E-state index contributed by atoms with van der Waals surface area (Å²) in [6, 6.07) is 3.91. The third kappa shape index (κ3) is 3.84. The Kier molecular flexibility index (Phi) is 5.36. The number of piperidine rings is 1. The van der Waals surface area contributed by atoms with E-state index in [1.165, 1.54) is 11.8 Å². The van der Waals surface area contributed by atoms with Gasteiger partial charge in [0.05, 0.1) is 12.0 Å². The van der Waals surface area contributed by atoms with E-state index in [4.69, 9.17) is 0 Å². The molecule has 3 atom stereocenters. The second kappa shape index (κ2) is 7.51. The Bertz CT molecular complexity index is 720. The summed E-state index contributed by atoms with van der Waals surface area (Å²) in [6.45, 7) is 1.63. The van der Waals surface area contributed by atoms with Crippen molar-refractivity contribution in [1.82, 2.24) is 14.8 Å². The quantitative estimate of drug-likeness (QED) is 0.784. The lowest BCUT2D eigenvalue weighted by Gasteiger charge is -2.43. The predicted molar refractivity (Wildman–Crippen MR) is 93.4 cm³/mol. The summed E-state index contributed by atoms with van der Waals surface area (Å²) in [4.78, 5) is 37.5. The first-order valence-corrected chi connectivity index (χ1v) is 9.84. The van der Waals surface area contributed by atoms with Crippen LogP contribution in [0, 0.1) is 5.92 Å². The third-order valence-electron chi connectivity index (χ3n) is 4.96. The lowest BCUT2D eigenvalue weighted by atomic mass is 9.83. The van der Waals surface area contributed by atoms with Crippen molar-refractivity contribution in [2.24, 2.45) is 5.92 Å².